The van der Waals surface area contributed by atoms with Gasteiger partial charge in [-0.2, -0.15) is 0 Å². The van der Waals surface area contributed by atoms with Gasteiger partial charge in [0, 0.05) is 23.4 Å². The highest BCUT2D eigenvalue weighted by Crippen LogP contribution is 2.35. The van der Waals surface area contributed by atoms with E-state index in [-0.39, 0.29) is 22.6 Å². The highest BCUT2D eigenvalue weighted by molar-refractivity contribution is 6.36. The van der Waals surface area contributed by atoms with Crippen LogP contribution in [0, 0.1) is 5.41 Å². The van der Waals surface area contributed by atoms with Crippen molar-refractivity contribution in [3.05, 3.63) is 51.7 Å². The van der Waals surface area contributed by atoms with Gasteiger partial charge in [-0.3, -0.25) is 9.59 Å². The monoisotopic (exact) mass is 362 g/mol. The van der Waals surface area contributed by atoms with Gasteiger partial charge in [-0.25, -0.2) is 0 Å². The molecule has 0 aliphatic heterocycles. The SMILES string of the molecule is CC1(C)CC(=O)C(=Cc2ccc(-c3ccc(Cl)cc3Cl)o2)C(=O)C1. The molecule has 1 aliphatic rings. The van der Waals surface area contributed by atoms with E-state index in [0.717, 1.165) is 0 Å². The van der Waals surface area contributed by atoms with Crippen molar-refractivity contribution in [3.63, 3.8) is 0 Å². The summed E-state index contributed by atoms with van der Waals surface area (Å²) in [5, 5.41) is 1.02. The van der Waals surface area contributed by atoms with E-state index in [9.17, 15) is 9.59 Å². The van der Waals surface area contributed by atoms with Crippen molar-refractivity contribution < 1.29 is 14.0 Å². The molecule has 0 bridgehead atoms. The standard InChI is InChI=1S/C19H16Cl2O3/c1-19(2)9-16(22)14(17(23)10-19)8-12-4-6-18(24-12)13-5-3-11(20)7-15(13)21/h3-8H,9-10H2,1-2H3. The summed E-state index contributed by atoms with van der Waals surface area (Å²) in [5.74, 6) is 0.726. The van der Waals surface area contributed by atoms with Gasteiger partial charge in [0.25, 0.3) is 0 Å². The molecular weight excluding hydrogens is 347 g/mol. The molecule has 3 rings (SSSR count). The number of rotatable bonds is 2. The third-order valence-electron chi connectivity index (χ3n) is 3.99. The van der Waals surface area contributed by atoms with E-state index in [2.05, 4.69) is 0 Å². The molecule has 0 unspecified atom stereocenters. The molecule has 5 heteroatoms. The summed E-state index contributed by atoms with van der Waals surface area (Å²) in [7, 11) is 0. The zero-order valence-corrected chi connectivity index (χ0v) is 14.9. The van der Waals surface area contributed by atoms with Crippen molar-refractivity contribution in [2.75, 3.05) is 0 Å². The average Bonchev–Trinajstić information content (AvgIpc) is 2.90. The molecule has 1 saturated carbocycles. The largest absolute Gasteiger partial charge is 0.457 e. The number of halogens is 2. The Morgan fingerprint density at radius 3 is 2.33 bits per heavy atom. The van der Waals surface area contributed by atoms with Crippen LogP contribution in [0.25, 0.3) is 17.4 Å². The Balaban J connectivity index is 1.91. The van der Waals surface area contributed by atoms with Gasteiger partial charge in [0.1, 0.15) is 11.5 Å². The molecule has 1 aromatic carbocycles. The van der Waals surface area contributed by atoms with Crippen LogP contribution in [0.4, 0.5) is 0 Å². The van der Waals surface area contributed by atoms with Gasteiger partial charge >= 0.3 is 0 Å². The van der Waals surface area contributed by atoms with Crippen LogP contribution in [0.15, 0.2) is 40.3 Å². The third kappa shape index (κ3) is 3.47. The minimum absolute atomic E-state index is 0.140. The maximum absolute atomic E-state index is 12.2. The van der Waals surface area contributed by atoms with E-state index < -0.39 is 0 Å². The topological polar surface area (TPSA) is 47.3 Å². The van der Waals surface area contributed by atoms with E-state index in [1.807, 2.05) is 13.8 Å². The first kappa shape index (κ1) is 17.0. The Morgan fingerprint density at radius 1 is 1.04 bits per heavy atom. The Morgan fingerprint density at radius 2 is 1.71 bits per heavy atom. The molecule has 1 aliphatic carbocycles. The molecule has 0 N–H and O–H groups in total. The lowest BCUT2D eigenvalue weighted by atomic mass is 9.74. The second-order valence-electron chi connectivity index (χ2n) is 6.75. The fourth-order valence-electron chi connectivity index (χ4n) is 2.85. The minimum atomic E-state index is -0.281. The second kappa shape index (κ2) is 6.23. The average molecular weight is 363 g/mol. The highest BCUT2D eigenvalue weighted by Gasteiger charge is 2.35. The Kier molecular flexibility index (Phi) is 4.41. The van der Waals surface area contributed by atoms with Crippen LogP contribution in [0.1, 0.15) is 32.4 Å². The normalized spacial score (nSPS) is 17.2. The maximum atomic E-state index is 12.2. The van der Waals surface area contributed by atoms with Gasteiger partial charge < -0.3 is 4.42 Å². The summed E-state index contributed by atoms with van der Waals surface area (Å²) in [6.07, 6.45) is 2.25. The number of hydrogen-bond donors (Lipinski definition) is 0. The molecule has 2 aromatic rings. The Hall–Kier alpha value is -1.84. The lowest BCUT2D eigenvalue weighted by molar-refractivity contribution is -0.127. The smallest absolute Gasteiger partial charge is 0.167 e. The summed E-state index contributed by atoms with van der Waals surface area (Å²) in [4.78, 5) is 24.5. The number of hydrogen-bond acceptors (Lipinski definition) is 3. The highest BCUT2D eigenvalue weighted by atomic mass is 35.5. The zero-order valence-electron chi connectivity index (χ0n) is 13.4. The van der Waals surface area contributed by atoms with Gasteiger partial charge in [-0.1, -0.05) is 37.0 Å². The second-order valence-corrected chi connectivity index (χ2v) is 7.59. The summed E-state index contributed by atoms with van der Waals surface area (Å²) in [6, 6.07) is 8.59. The van der Waals surface area contributed by atoms with E-state index in [4.69, 9.17) is 27.6 Å². The zero-order chi connectivity index (χ0) is 17.5. The first-order valence-corrected chi connectivity index (χ1v) is 8.34. The number of benzene rings is 1. The Labute approximate surface area is 150 Å². The molecule has 124 valence electrons. The fourth-order valence-corrected chi connectivity index (χ4v) is 3.35. The summed E-state index contributed by atoms with van der Waals surface area (Å²) in [6.45, 7) is 3.85. The van der Waals surface area contributed by atoms with Gasteiger partial charge in [0.05, 0.1) is 10.6 Å². The molecule has 0 spiro atoms. The van der Waals surface area contributed by atoms with E-state index in [0.29, 0.717) is 40.0 Å². The van der Waals surface area contributed by atoms with Crippen LogP contribution in [-0.2, 0) is 9.59 Å². The number of ketones is 2. The number of furan rings is 1. The van der Waals surface area contributed by atoms with Crippen molar-refractivity contribution in [1.29, 1.82) is 0 Å². The first-order chi connectivity index (χ1) is 11.2. The van der Waals surface area contributed by atoms with Gasteiger partial charge in [0.15, 0.2) is 11.6 Å². The van der Waals surface area contributed by atoms with Crippen molar-refractivity contribution in [2.45, 2.75) is 26.7 Å². The van der Waals surface area contributed by atoms with Crippen molar-refractivity contribution in [2.24, 2.45) is 5.41 Å². The van der Waals surface area contributed by atoms with Crippen LogP contribution < -0.4 is 0 Å². The molecular formula is C19H16Cl2O3. The van der Waals surface area contributed by atoms with Crippen LogP contribution in [0.3, 0.4) is 0 Å². The van der Waals surface area contributed by atoms with E-state index in [1.54, 1.807) is 30.3 Å². The molecule has 0 amide bonds. The molecule has 24 heavy (non-hydrogen) atoms. The lowest BCUT2D eigenvalue weighted by Crippen LogP contribution is -2.31. The predicted octanol–water partition coefficient (Wildman–Crippen LogP) is 5.60. The van der Waals surface area contributed by atoms with Crippen molar-refractivity contribution >= 4 is 40.8 Å². The number of allylic oxidation sites excluding steroid dienone is 1. The summed E-state index contributed by atoms with van der Waals surface area (Å²) < 4.78 is 5.73. The number of Topliss-reactive ketones (excluding diaryl/α,β-unsaturated/α-hetero) is 2. The molecule has 3 nitrogen and oxygen atoms in total. The molecule has 1 fully saturated rings. The first-order valence-electron chi connectivity index (χ1n) is 7.58. The maximum Gasteiger partial charge on any atom is 0.167 e. The van der Waals surface area contributed by atoms with E-state index in [1.165, 1.54) is 6.08 Å². The minimum Gasteiger partial charge on any atom is -0.457 e. The molecule has 0 saturated heterocycles. The third-order valence-corrected chi connectivity index (χ3v) is 4.54. The summed E-state index contributed by atoms with van der Waals surface area (Å²) >= 11 is 12.1. The van der Waals surface area contributed by atoms with Crippen molar-refractivity contribution in [3.8, 4) is 11.3 Å². The molecule has 1 heterocycles. The van der Waals surface area contributed by atoms with Crippen molar-refractivity contribution in [1.82, 2.24) is 0 Å². The van der Waals surface area contributed by atoms with Crippen LogP contribution in [0.2, 0.25) is 10.0 Å². The van der Waals surface area contributed by atoms with Gasteiger partial charge in [0.2, 0.25) is 0 Å². The fraction of sp³-hybridized carbons (Fsp3) is 0.263. The quantitative estimate of drug-likeness (QED) is 0.516. The van der Waals surface area contributed by atoms with Crippen LogP contribution in [-0.4, -0.2) is 11.6 Å². The number of carbonyl (C=O) groups is 2. The molecule has 0 atom stereocenters. The van der Waals surface area contributed by atoms with Crippen LogP contribution in [0.5, 0.6) is 0 Å². The van der Waals surface area contributed by atoms with Gasteiger partial charge in [-0.05, 0) is 41.8 Å². The van der Waals surface area contributed by atoms with Gasteiger partial charge in [-0.15, -0.1) is 0 Å². The lowest BCUT2D eigenvalue weighted by Gasteiger charge is -2.28. The predicted molar refractivity (Wildman–Crippen MR) is 95.2 cm³/mol. The Bertz CT molecular complexity index is 837. The number of carbonyl (C=O) groups excluding carboxylic acids is 2. The van der Waals surface area contributed by atoms with Crippen LogP contribution >= 0.6 is 23.2 Å². The molecule has 1 aromatic heterocycles. The summed E-state index contributed by atoms with van der Waals surface area (Å²) in [5.41, 5.74) is 0.627. The van der Waals surface area contributed by atoms with E-state index >= 15 is 0 Å². The molecule has 0 radical (unpaired) electrons.